The molecule has 0 radical (unpaired) electrons. The Kier molecular flexibility index (Phi) is 7.70. The number of carbonyl (C=O) groups excluding carboxylic acids is 1. The number of hydrogen-bond acceptors (Lipinski definition) is 6. The summed E-state index contributed by atoms with van der Waals surface area (Å²) in [6, 6.07) is 14.2. The number of morpholine rings is 1. The topological polar surface area (TPSA) is 87.3 Å². The number of amides is 1. The highest BCUT2D eigenvalue weighted by molar-refractivity contribution is 7.99. The SMILES string of the molecule is Cc1ccc(Sc2ccc(NC(=O)CCc3c(C)nc(N4CCOCC4)[nH]c3=O)cc2)cc1C. The van der Waals surface area contributed by atoms with Gasteiger partial charge < -0.3 is 15.0 Å². The molecule has 178 valence electrons. The molecule has 0 atom stereocenters. The molecular weight excluding hydrogens is 448 g/mol. The van der Waals surface area contributed by atoms with Crippen LogP contribution in [0.1, 0.15) is 28.8 Å². The molecular formula is C26H30N4O3S. The molecule has 7 nitrogen and oxygen atoms in total. The Morgan fingerprint density at radius 1 is 1.06 bits per heavy atom. The molecule has 34 heavy (non-hydrogen) atoms. The maximum absolute atomic E-state index is 12.6. The zero-order valence-corrected chi connectivity index (χ0v) is 20.6. The van der Waals surface area contributed by atoms with Gasteiger partial charge in [0.25, 0.3) is 5.56 Å². The van der Waals surface area contributed by atoms with Crippen LogP contribution in [0.3, 0.4) is 0 Å². The van der Waals surface area contributed by atoms with E-state index in [9.17, 15) is 9.59 Å². The number of nitrogens with one attached hydrogen (secondary N) is 2. The van der Waals surface area contributed by atoms with Gasteiger partial charge in [-0.1, -0.05) is 17.8 Å². The van der Waals surface area contributed by atoms with Crippen LogP contribution in [0.25, 0.3) is 0 Å². The molecule has 1 saturated heterocycles. The number of ether oxygens (including phenoxy) is 1. The fraction of sp³-hybridized carbons (Fsp3) is 0.346. The van der Waals surface area contributed by atoms with Crippen LogP contribution >= 0.6 is 11.8 Å². The number of aromatic amines is 1. The van der Waals surface area contributed by atoms with E-state index < -0.39 is 0 Å². The summed E-state index contributed by atoms with van der Waals surface area (Å²) in [6.07, 6.45) is 0.547. The molecule has 1 amide bonds. The zero-order chi connectivity index (χ0) is 24.1. The minimum Gasteiger partial charge on any atom is -0.378 e. The van der Waals surface area contributed by atoms with Gasteiger partial charge >= 0.3 is 0 Å². The third kappa shape index (κ3) is 6.07. The van der Waals surface area contributed by atoms with Gasteiger partial charge in [-0.05, 0) is 74.7 Å². The van der Waals surface area contributed by atoms with E-state index in [1.165, 1.54) is 16.0 Å². The van der Waals surface area contributed by atoms with Crippen molar-refractivity contribution < 1.29 is 9.53 Å². The molecule has 8 heteroatoms. The van der Waals surface area contributed by atoms with E-state index in [4.69, 9.17) is 4.74 Å². The number of hydrogen-bond donors (Lipinski definition) is 2. The Labute approximate surface area is 203 Å². The van der Waals surface area contributed by atoms with E-state index in [1.807, 2.05) is 36.1 Å². The summed E-state index contributed by atoms with van der Waals surface area (Å²) < 4.78 is 5.35. The van der Waals surface area contributed by atoms with Crippen LogP contribution in [0.2, 0.25) is 0 Å². The standard InChI is InChI=1S/C26H30N4O3S/c1-17-4-7-22(16-18(17)2)34-21-8-5-20(6-9-21)28-24(31)11-10-23-19(3)27-26(29-25(23)32)30-12-14-33-15-13-30/h4-9,16H,10-15H2,1-3H3,(H,28,31)(H,27,29,32). The van der Waals surface area contributed by atoms with Crippen molar-refractivity contribution in [3.8, 4) is 0 Å². The molecule has 0 saturated carbocycles. The van der Waals surface area contributed by atoms with E-state index in [1.54, 1.807) is 11.8 Å². The van der Waals surface area contributed by atoms with Crippen molar-refractivity contribution in [2.75, 3.05) is 36.5 Å². The summed E-state index contributed by atoms with van der Waals surface area (Å²) in [5.41, 5.74) is 4.31. The smallest absolute Gasteiger partial charge is 0.255 e. The summed E-state index contributed by atoms with van der Waals surface area (Å²) in [6.45, 7) is 8.68. The molecule has 1 aliphatic rings. The first-order chi connectivity index (χ1) is 16.4. The molecule has 0 unspecified atom stereocenters. The second kappa shape index (κ2) is 10.9. The average Bonchev–Trinajstić information content (AvgIpc) is 2.82. The molecule has 0 bridgehead atoms. The predicted molar refractivity (Wildman–Crippen MR) is 136 cm³/mol. The van der Waals surface area contributed by atoms with Crippen LogP contribution in [0, 0.1) is 20.8 Å². The number of H-pyrrole nitrogens is 1. The monoisotopic (exact) mass is 478 g/mol. The average molecular weight is 479 g/mol. The van der Waals surface area contributed by atoms with E-state index in [0.29, 0.717) is 49.9 Å². The van der Waals surface area contributed by atoms with Crippen LogP contribution in [-0.2, 0) is 16.0 Å². The van der Waals surface area contributed by atoms with Crippen molar-refractivity contribution in [3.05, 3.63) is 75.2 Å². The Bertz CT molecular complexity index is 1220. The van der Waals surface area contributed by atoms with Gasteiger partial charge in [-0.3, -0.25) is 14.6 Å². The zero-order valence-electron chi connectivity index (χ0n) is 19.8. The highest BCUT2D eigenvalue weighted by atomic mass is 32.2. The van der Waals surface area contributed by atoms with Crippen molar-refractivity contribution >= 4 is 29.3 Å². The maximum Gasteiger partial charge on any atom is 0.255 e. The predicted octanol–water partition coefficient (Wildman–Crippen LogP) is 4.25. The fourth-order valence-electron chi connectivity index (χ4n) is 3.80. The maximum atomic E-state index is 12.6. The summed E-state index contributed by atoms with van der Waals surface area (Å²) in [5, 5.41) is 2.92. The summed E-state index contributed by atoms with van der Waals surface area (Å²) in [7, 11) is 0. The van der Waals surface area contributed by atoms with Gasteiger partial charge in [0.05, 0.1) is 13.2 Å². The first-order valence-electron chi connectivity index (χ1n) is 11.5. The number of aryl methyl sites for hydroxylation is 3. The molecule has 0 spiro atoms. The number of nitrogens with zero attached hydrogens (tertiary/aromatic N) is 2. The molecule has 2 aromatic carbocycles. The Morgan fingerprint density at radius 2 is 1.76 bits per heavy atom. The summed E-state index contributed by atoms with van der Waals surface area (Å²) in [4.78, 5) is 36.8. The molecule has 2 heterocycles. The van der Waals surface area contributed by atoms with E-state index >= 15 is 0 Å². The van der Waals surface area contributed by atoms with Crippen molar-refractivity contribution in [1.82, 2.24) is 9.97 Å². The minimum atomic E-state index is -0.186. The molecule has 1 fully saturated rings. The van der Waals surface area contributed by atoms with E-state index in [-0.39, 0.29) is 17.9 Å². The van der Waals surface area contributed by atoms with Gasteiger partial charge in [0.15, 0.2) is 0 Å². The van der Waals surface area contributed by atoms with Gasteiger partial charge in [0.1, 0.15) is 0 Å². The Morgan fingerprint density at radius 3 is 2.44 bits per heavy atom. The highest BCUT2D eigenvalue weighted by Crippen LogP contribution is 2.29. The van der Waals surface area contributed by atoms with Crippen LogP contribution < -0.4 is 15.8 Å². The third-order valence-corrected chi connectivity index (χ3v) is 6.97. The number of benzene rings is 2. The van der Waals surface area contributed by atoms with Crippen molar-refractivity contribution in [2.24, 2.45) is 0 Å². The third-order valence-electron chi connectivity index (χ3n) is 5.97. The lowest BCUT2D eigenvalue weighted by Gasteiger charge is -2.27. The van der Waals surface area contributed by atoms with E-state index in [0.717, 1.165) is 10.6 Å². The van der Waals surface area contributed by atoms with Gasteiger partial charge in [-0.2, -0.15) is 0 Å². The lowest BCUT2D eigenvalue weighted by atomic mass is 10.1. The quantitative estimate of drug-likeness (QED) is 0.528. The minimum absolute atomic E-state index is 0.134. The largest absolute Gasteiger partial charge is 0.378 e. The van der Waals surface area contributed by atoms with Crippen LogP contribution in [-0.4, -0.2) is 42.2 Å². The van der Waals surface area contributed by atoms with Gasteiger partial charge in [-0.25, -0.2) is 4.98 Å². The van der Waals surface area contributed by atoms with Crippen LogP contribution in [0.4, 0.5) is 11.6 Å². The fourth-order valence-corrected chi connectivity index (χ4v) is 4.71. The number of carbonyl (C=O) groups is 1. The number of anilines is 2. The molecule has 1 aliphatic heterocycles. The molecule has 0 aliphatic carbocycles. The first kappa shape index (κ1) is 24.0. The van der Waals surface area contributed by atoms with E-state index in [2.05, 4.69) is 47.3 Å². The van der Waals surface area contributed by atoms with Crippen molar-refractivity contribution in [3.63, 3.8) is 0 Å². The number of rotatable bonds is 7. The molecule has 2 N–H and O–H groups in total. The lowest BCUT2D eigenvalue weighted by Crippen LogP contribution is -2.38. The van der Waals surface area contributed by atoms with Crippen molar-refractivity contribution in [2.45, 2.75) is 43.4 Å². The van der Waals surface area contributed by atoms with Gasteiger partial charge in [0, 0.05) is 46.2 Å². The molecule has 3 aromatic rings. The van der Waals surface area contributed by atoms with Crippen LogP contribution in [0.15, 0.2) is 57.1 Å². The Hall–Kier alpha value is -3.10. The van der Waals surface area contributed by atoms with Crippen molar-refractivity contribution in [1.29, 1.82) is 0 Å². The van der Waals surface area contributed by atoms with Gasteiger partial charge in [0.2, 0.25) is 11.9 Å². The highest BCUT2D eigenvalue weighted by Gasteiger charge is 2.17. The lowest BCUT2D eigenvalue weighted by molar-refractivity contribution is -0.116. The normalized spacial score (nSPS) is 13.7. The summed E-state index contributed by atoms with van der Waals surface area (Å²) >= 11 is 1.69. The van der Waals surface area contributed by atoms with Gasteiger partial charge in [-0.15, -0.1) is 0 Å². The Balaban J connectivity index is 1.32. The number of aromatic nitrogens is 2. The van der Waals surface area contributed by atoms with Crippen LogP contribution in [0.5, 0.6) is 0 Å². The second-order valence-electron chi connectivity index (χ2n) is 8.47. The molecule has 1 aromatic heterocycles. The first-order valence-corrected chi connectivity index (χ1v) is 12.3. The second-order valence-corrected chi connectivity index (χ2v) is 9.62. The molecule has 4 rings (SSSR count). The summed E-state index contributed by atoms with van der Waals surface area (Å²) in [5.74, 6) is 0.434.